The van der Waals surface area contributed by atoms with Crippen LogP contribution >= 0.6 is 0 Å². The molecule has 0 spiro atoms. The van der Waals surface area contributed by atoms with E-state index in [0.29, 0.717) is 18.9 Å². The number of aromatic nitrogens is 1. The molecule has 0 radical (unpaired) electrons. The van der Waals surface area contributed by atoms with E-state index < -0.39 is 12.8 Å². The molecule has 0 aromatic carbocycles. The van der Waals surface area contributed by atoms with Crippen LogP contribution in [0.15, 0.2) is 18.3 Å². The number of carbonyl (C=O) groups is 1. The standard InChI is InChI=1S/C14H19FN2O3/c1-10(2)20-12-4-3-5-16-13(12)14(18)17-6-7-19-11(8-15)9-17/h3-5,10-11H,6-9H2,1-2H3. The van der Waals surface area contributed by atoms with Gasteiger partial charge in [0.2, 0.25) is 0 Å². The number of rotatable bonds is 4. The van der Waals surface area contributed by atoms with Crippen molar-refractivity contribution in [2.75, 3.05) is 26.4 Å². The summed E-state index contributed by atoms with van der Waals surface area (Å²) in [7, 11) is 0. The molecule has 1 unspecified atom stereocenters. The van der Waals surface area contributed by atoms with Crippen LogP contribution < -0.4 is 4.74 Å². The Labute approximate surface area is 117 Å². The SMILES string of the molecule is CC(C)Oc1cccnc1C(=O)N1CCOC(CF)C1. The van der Waals surface area contributed by atoms with Gasteiger partial charge in [0.15, 0.2) is 11.4 Å². The summed E-state index contributed by atoms with van der Waals surface area (Å²) in [5.74, 6) is 0.207. The summed E-state index contributed by atoms with van der Waals surface area (Å²) in [6, 6.07) is 3.44. The van der Waals surface area contributed by atoms with Crippen LogP contribution in [-0.4, -0.2) is 54.4 Å². The first kappa shape index (κ1) is 14.7. The van der Waals surface area contributed by atoms with E-state index in [0.717, 1.165) is 0 Å². The minimum atomic E-state index is -0.596. The van der Waals surface area contributed by atoms with Gasteiger partial charge in [-0.3, -0.25) is 4.79 Å². The Balaban J connectivity index is 2.16. The predicted molar refractivity (Wildman–Crippen MR) is 71.6 cm³/mol. The maximum atomic E-state index is 12.7. The lowest BCUT2D eigenvalue weighted by Crippen LogP contribution is -2.46. The summed E-state index contributed by atoms with van der Waals surface area (Å²) in [6.07, 6.45) is 0.952. The summed E-state index contributed by atoms with van der Waals surface area (Å²) < 4.78 is 23.5. The highest BCUT2D eigenvalue weighted by Gasteiger charge is 2.27. The first-order chi connectivity index (χ1) is 9.61. The highest BCUT2D eigenvalue weighted by Crippen LogP contribution is 2.20. The van der Waals surface area contributed by atoms with Crippen LogP contribution in [0.1, 0.15) is 24.3 Å². The number of alkyl halides is 1. The van der Waals surface area contributed by atoms with Crippen molar-refractivity contribution < 1.29 is 18.7 Å². The van der Waals surface area contributed by atoms with Gasteiger partial charge in [0, 0.05) is 19.3 Å². The Hall–Kier alpha value is -1.69. The lowest BCUT2D eigenvalue weighted by atomic mass is 10.2. The lowest BCUT2D eigenvalue weighted by Gasteiger charge is -2.31. The van der Waals surface area contributed by atoms with Crippen LogP contribution in [0.5, 0.6) is 5.75 Å². The lowest BCUT2D eigenvalue weighted by molar-refractivity contribution is -0.0313. The van der Waals surface area contributed by atoms with Gasteiger partial charge in [0.1, 0.15) is 12.8 Å². The summed E-state index contributed by atoms with van der Waals surface area (Å²) in [5, 5.41) is 0. The molecule has 1 aromatic heterocycles. The molecule has 2 heterocycles. The van der Waals surface area contributed by atoms with Crippen molar-refractivity contribution in [1.82, 2.24) is 9.88 Å². The fourth-order valence-electron chi connectivity index (χ4n) is 2.05. The second-order valence-corrected chi connectivity index (χ2v) is 4.92. The molecule has 6 heteroatoms. The van der Waals surface area contributed by atoms with Crippen molar-refractivity contribution in [3.8, 4) is 5.75 Å². The molecule has 1 amide bonds. The Kier molecular flexibility index (Phi) is 4.89. The molecular weight excluding hydrogens is 263 g/mol. The van der Waals surface area contributed by atoms with E-state index in [1.807, 2.05) is 13.8 Å². The second-order valence-electron chi connectivity index (χ2n) is 4.92. The van der Waals surface area contributed by atoms with Gasteiger partial charge in [-0.25, -0.2) is 9.37 Å². The number of hydrogen-bond acceptors (Lipinski definition) is 4. The van der Waals surface area contributed by atoms with Crippen LogP contribution in [0.3, 0.4) is 0 Å². The van der Waals surface area contributed by atoms with E-state index in [4.69, 9.17) is 9.47 Å². The van der Waals surface area contributed by atoms with Crippen LogP contribution in [0.2, 0.25) is 0 Å². The molecular formula is C14H19FN2O3. The fraction of sp³-hybridized carbons (Fsp3) is 0.571. The van der Waals surface area contributed by atoms with Crippen molar-refractivity contribution in [2.24, 2.45) is 0 Å². The molecule has 0 bridgehead atoms. The van der Waals surface area contributed by atoms with Gasteiger partial charge in [-0.2, -0.15) is 0 Å². The van der Waals surface area contributed by atoms with Crippen LogP contribution in [0, 0.1) is 0 Å². The maximum absolute atomic E-state index is 12.7. The average Bonchev–Trinajstić information content (AvgIpc) is 2.46. The van der Waals surface area contributed by atoms with Crippen molar-refractivity contribution in [2.45, 2.75) is 26.1 Å². The monoisotopic (exact) mass is 282 g/mol. The van der Waals surface area contributed by atoms with Gasteiger partial charge < -0.3 is 14.4 Å². The number of hydrogen-bond donors (Lipinski definition) is 0. The molecule has 2 rings (SSSR count). The van der Waals surface area contributed by atoms with Gasteiger partial charge in [0.25, 0.3) is 5.91 Å². The summed E-state index contributed by atoms with van der Waals surface area (Å²) >= 11 is 0. The third-order valence-corrected chi connectivity index (χ3v) is 2.93. The number of pyridine rings is 1. The normalized spacial score (nSPS) is 19.2. The van der Waals surface area contributed by atoms with Gasteiger partial charge in [-0.05, 0) is 26.0 Å². The van der Waals surface area contributed by atoms with Gasteiger partial charge in [-0.15, -0.1) is 0 Å². The van der Waals surface area contributed by atoms with Crippen molar-refractivity contribution in [3.63, 3.8) is 0 Å². The molecule has 0 saturated carbocycles. The van der Waals surface area contributed by atoms with E-state index in [1.54, 1.807) is 23.2 Å². The minimum Gasteiger partial charge on any atom is -0.489 e. The summed E-state index contributed by atoms with van der Waals surface area (Å²) in [5.41, 5.74) is 0.265. The number of carbonyl (C=O) groups excluding carboxylic acids is 1. The smallest absolute Gasteiger partial charge is 0.276 e. The zero-order chi connectivity index (χ0) is 14.5. The first-order valence-corrected chi connectivity index (χ1v) is 6.70. The number of halogens is 1. The van der Waals surface area contributed by atoms with E-state index in [1.165, 1.54) is 0 Å². The highest BCUT2D eigenvalue weighted by molar-refractivity contribution is 5.95. The van der Waals surface area contributed by atoms with Crippen LogP contribution in [0.4, 0.5) is 4.39 Å². The molecule has 0 N–H and O–H groups in total. The Morgan fingerprint density at radius 3 is 3.15 bits per heavy atom. The molecule has 1 aromatic rings. The van der Waals surface area contributed by atoms with E-state index in [9.17, 15) is 9.18 Å². The second kappa shape index (κ2) is 6.65. The van der Waals surface area contributed by atoms with E-state index in [2.05, 4.69) is 4.98 Å². The largest absolute Gasteiger partial charge is 0.489 e. The zero-order valence-electron chi connectivity index (χ0n) is 11.7. The van der Waals surface area contributed by atoms with Crippen LogP contribution in [-0.2, 0) is 4.74 Å². The molecule has 5 nitrogen and oxygen atoms in total. The minimum absolute atomic E-state index is 0.0472. The zero-order valence-corrected chi connectivity index (χ0v) is 11.7. The Morgan fingerprint density at radius 2 is 2.45 bits per heavy atom. The average molecular weight is 282 g/mol. The molecule has 1 atom stereocenters. The van der Waals surface area contributed by atoms with Crippen molar-refractivity contribution in [1.29, 1.82) is 0 Å². The number of morpholine rings is 1. The van der Waals surface area contributed by atoms with Gasteiger partial charge >= 0.3 is 0 Å². The van der Waals surface area contributed by atoms with E-state index >= 15 is 0 Å². The quantitative estimate of drug-likeness (QED) is 0.843. The topological polar surface area (TPSA) is 51.7 Å². The van der Waals surface area contributed by atoms with Gasteiger partial charge in [-0.1, -0.05) is 0 Å². The Bertz CT molecular complexity index is 467. The third kappa shape index (κ3) is 3.45. The Morgan fingerprint density at radius 1 is 1.65 bits per heavy atom. The number of nitrogens with zero attached hydrogens (tertiary/aromatic N) is 2. The molecule has 1 aliphatic rings. The van der Waals surface area contributed by atoms with Crippen molar-refractivity contribution in [3.05, 3.63) is 24.0 Å². The summed E-state index contributed by atoms with van der Waals surface area (Å²) in [4.78, 5) is 18.1. The van der Waals surface area contributed by atoms with Gasteiger partial charge in [0.05, 0.1) is 12.7 Å². The fourth-order valence-corrected chi connectivity index (χ4v) is 2.05. The first-order valence-electron chi connectivity index (χ1n) is 6.70. The third-order valence-electron chi connectivity index (χ3n) is 2.93. The van der Waals surface area contributed by atoms with E-state index in [-0.39, 0.29) is 24.2 Å². The molecule has 1 saturated heterocycles. The number of amides is 1. The number of ether oxygens (including phenoxy) is 2. The van der Waals surface area contributed by atoms with Crippen LogP contribution in [0.25, 0.3) is 0 Å². The maximum Gasteiger partial charge on any atom is 0.276 e. The molecule has 1 aliphatic heterocycles. The molecule has 20 heavy (non-hydrogen) atoms. The highest BCUT2D eigenvalue weighted by atomic mass is 19.1. The molecule has 110 valence electrons. The summed E-state index contributed by atoms with van der Waals surface area (Å²) in [6.45, 7) is 4.19. The van der Waals surface area contributed by atoms with Crippen molar-refractivity contribution >= 4 is 5.91 Å². The molecule has 0 aliphatic carbocycles. The molecule has 1 fully saturated rings. The predicted octanol–water partition coefficient (Wildman–Crippen LogP) is 1.68.